The zero-order valence-electron chi connectivity index (χ0n) is 12.9. The first-order valence-corrected chi connectivity index (χ1v) is 7.25. The first-order valence-electron chi connectivity index (χ1n) is 7.25. The summed E-state index contributed by atoms with van der Waals surface area (Å²) in [6, 6.07) is 13.1. The van der Waals surface area contributed by atoms with Crippen molar-refractivity contribution in [2.24, 2.45) is 7.05 Å². The van der Waals surface area contributed by atoms with Gasteiger partial charge in [0.2, 0.25) is 0 Å². The molecular weight excluding hydrogens is 311 g/mol. The molecule has 1 amide bonds. The third-order valence-corrected chi connectivity index (χ3v) is 3.20. The fraction of sp³-hybridized carbons (Fsp3) is 0.118. The molecule has 122 valence electrons. The van der Waals surface area contributed by atoms with E-state index in [1.54, 1.807) is 48.4 Å². The van der Waals surface area contributed by atoms with E-state index in [9.17, 15) is 9.18 Å². The number of anilines is 1. The zero-order valence-corrected chi connectivity index (χ0v) is 12.9. The van der Waals surface area contributed by atoms with Gasteiger partial charge in [0, 0.05) is 18.3 Å². The number of hydrogen-bond donors (Lipinski definition) is 1. The van der Waals surface area contributed by atoms with E-state index in [1.807, 2.05) is 6.07 Å². The van der Waals surface area contributed by atoms with E-state index in [0.29, 0.717) is 11.5 Å². The lowest BCUT2D eigenvalue weighted by Gasteiger charge is -2.08. The maximum absolute atomic E-state index is 13.4. The molecule has 1 heterocycles. The molecule has 0 aliphatic heterocycles. The van der Waals surface area contributed by atoms with Crippen LogP contribution in [0.5, 0.6) is 5.75 Å². The molecule has 24 heavy (non-hydrogen) atoms. The SMILES string of the molecule is Cn1cnc(-c2cccc(NC(=O)COc3ccccc3F)c2)n1. The highest BCUT2D eigenvalue weighted by molar-refractivity contribution is 5.92. The molecule has 1 aromatic heterocycles. The molecule has 0 aliphatic carbocycles. The lowest BCUT2D eigenvalue weighted by molar-refractivity contribution is -0.118. The van der Waals surface area contributed by atoms with E-state index in [2.05, 4.69) is 15.4 Å². The normalized spacial score (nSPS) is 10.4. The van der Waals surface area contributed by atoms with Gasteiger partial charge in [0.05, 0.1) is 0 Å². The Hall–Kier alpha value is -3.22. The van der Waals surface area contributed by atoms with Gasteiger partial charge in [-0.1, -0.05) is 24.3 Å². The van der Waals surface area contributed by atoms with Gasteiger partial charge in [0.1, 0.15) is 6.33 Å². The Morgan fingerprint density at radius 2 is 2.08 bits per heavy atom. The Bertz CT molecular complexity index is 863. The van der Waals surface area contributed by atoms with Gasteiger partial charge in [-0.25, -0.2) is 9.37 Å². The molecule has 0 unspecified atom stereocenters. The van der Waals surface area contributed by atoms with Crippen LogP contribution in [0.2, 0.25) is 0 Å². The van der Waals surface area contributed by atoms with Crippen LogP contribution in [-0.2, 0) is 11.8 Å². The second-order valence-corrected chi connectivity index (χ2v) is 5.09. The van der Waals surface area contributed by atoms with Crippen molar-refractivity contribution in [2.45, 2.75) is 0 Å². The van der Waals surface area contributed by atoms with Crippen molar-refractivity contribution in [1.29, 1.82) is 0 Å². The van der Waals surface area contributed by atoms with Gasteiger partial charge in [-0.2, -0.15) is 5.10 Å². The monoisotopic (exact) mass is 326 g/mol. The lowest BCUT2D eigenvalue weighted by atomic mass is 10.2. The van der Waals surface area contributed by atoms with E-state index in [1.165, 1.54) is 12.1 Å². The van der Waals surface area contributed by atoms with Crippen LogP contribution in [0.4, 0.5) is 10.1 Å². The molecule has 0 radical (unpaired) electrons. The van der Waals surface area contributed by atoms with Crippen LogP contribution in [0, 0.1) is 5.82 Å². The molecule has 0 aliphatic rings. The predicted octanol–water partition coefficient (Wildman–Crippen LogP) is 2.64. The number of aryl methyl sites for hydroxylation is 1. The fourth-order valence-electron chi connectivity index (χ4n) is 2.11. The molecule has 7 heteroatoms. The van der Waals surface area contributed by atoms with Gasteiger partial charge < -0.3 is 10.1 Å². The Kier molecular flexibility index (Phi) is 4.51. The minimum Gasteiger partial charge on any atom is -0.481 e. The molecule has 3 aromatic rings. The van der Waals surface area contributed by atoms with Crippen molar-refractivity contribution >= 4 is 11.6 Å². The highest BCUT2D eigenvalue weighted by Gasteiger charge is 2.08. The van der Waals surface area contributed by atoms with Crippen LogP contribution in [0.3, 0.4) is 0 Å². The summed E-state index contributed by atoms with van der Waals surface area (Å²) < 4.78 is 20.2. The summed E-state index contributed by atoms with van der Waals surface area (Å²) in [4.78, 5) is 16.1. The molecule has 2 aromatic carbocycles. The molecule has 0 spiro atoms. The average Bonchev–Trinajstić information content (AvgIpc) is 3.01. The second kappa shape index (κ2) is 6.91. The largest absolute Gasteiger partial charge is 0.481 e. The number of nitrogens with zero attached hydrogens (tertiary/aromatic N) is 3. The standard InChI is InChI=1S/C17H15FN4O2/c1-22-11-19-17(21-22)12-5-4-6-13(9-12)20-16(23)10-24-15-8-3-2-7-14(15)18/h2-9,11H,10H2,1H3,(H,20,23). The van der Waals surface area contributed by atoms with Crippen molar-refractivity contribution in [1.82, 2.24) is 14.8 Å². The van der Waals surface area contributed by atoms with Crippen LogP contribution >= 0.6 is 0 Å². The first-order chi connectivity index (χ1) is 11.6. The number of aromatic nitrogens is 3. The number of rotatable bonds is 5. The second-order valence-electron chi connectivity index (χ2n) is 5.09. The number of halogens is 1. The van der Waals surface area contributed by atoms with Crippen LogP contribution in [0.15, 0.2) is 54.9 Å². The zero-order chi connectivity index (χ0) is 16.9. The van der Waals surface area contributed by atoms with Gasteiger partial charge in [-0.15, -0.1) is 0 Å². The maximum atomic E-state index is 13.4. The van der Waals surface area contributed by atoms with Gasteiger partial charge in [-0.05, 0) is 24.3 Å². The lowest BCUT2D eigenvalue weighted by Crippen LogP contribution is -2.20. The number of benzene rings is 2. The van der Waals surface area contributed by atoms with Crippen molar-refractivity contribution in [3.8, 4) is 17.1 Å². The number of ether oxygens (including phenoxy) is 1. The highest BCUT2D eigenvalue weighted by Crippen LogP contribution is 2.19. The quantitative estimate of drug-likeness (QED) is 0.782. The van der Waals surface area contributed by atoms with Crippen LogP contribution in [0.1, 0.15) is 0 Å². The fourth-order valence-corrected chi connectivity index (χ4v) is 2.11. The minimum atomic E-state index is -0.506. The molecule has 0 atom stereocenters. The molecule has 0 saturated heterocycles. The maximum Gasteiger partial charge on any atom is 0.262 e. The average molecular weight is 326 g/mol. The molecular formula is C17H15FN4O2. The summed E-state index contributed by atoms with van der Waals surface area (Å²) in [7, 11) is 1.78. The number of hydrogen-bond acceptors (Lipinski definition) is 4. The van der Waals surface area contributed by atoms with E-state index >= 15 is 0 Å². The van der Waals surface area contributed by atoms with E-state index in [0.717, 1.165) is 5.56 Å². The highest BCUT2D eigenvalue weighted by atomic mass is 19.1. The van der Waals surface area contributed by atoms with Gasteiger partial charge in [0.15, 0.2) is 24.0 Å². The summed E-state index contributed by atoms with van der Waals surface area (Å²) in [6.07, 6.45) is 1.60. The van der Waals surface area contributed by atoms with Crippen molar-refractivity contribution in [3.05, 3.63) is 60.7 Å². The Morgan fingerprint density at radius 3 is 2.83 bits per heavy atom. The molecule has 6 nitrogen and oxygen atoms in total. The number of carbonyl (C=O) groups is 1. The van der Waals surface area contributed by atoms with E-state index in [4.69, 9.17) is 4.74 Å². The topological polar surface area (TPSA) is 69.0 Å². The summed E-state index contributed by atoms with van der Waals surface area (Å²) in [6.45, 7) is -0.285. The predicted molar refractivity (Wildman–Crippen MR) is 87.0 cm³/mol. The van der Waals surface area contributed by atoms with Crippen LogP contribution in [-0.4, -0.2) is 27.3 Å². The third-order valence-electron chi connectivity index (χ3n) is 3.20. The number of amides is 1. The summed E-state index contributed by atoms with van der Waals surface area (Å²) in [5.41, 5.74) is 1.37. The van der Waals surface area contributed by atoms with Crippen LogP contribution < -0.4 is 10.1 Å². The number of carbonyl (C=O) groups excluding carboxylic acids is 1. The Labute approximate surface area is 137 Å². The third kappa shape index (κ3) is 3.75. The van der Waals surface area contributed by atoms with E-state index in [-0.39, 0.29) is 18.3 Å². The van der Waals surface area contributed by atoms with Crippen LogP contribution in [0.25, 0.3) is 11.4 Å². The summed E-state index contributed by atoms with van der Waals surface area (Å²) in [5.74, 6) is -0.284. The van der Waals surface area contributed by atoms with Crippen molar-refractivity contribution in [3.63, 3.8) is 0 Å². The van der Waals surface area contributed by atoms with Gasteiger partial charge >= 0.3 is 0 Å². The molecule has 0 saturated carbocycles. The first kappa shape index (κ1) is 15.7. The van der Waals surface area contributed by atoms with Gasteiger partial charge in [-0.3, -0.25) is 9.48 Å². The summed E-state index contributed by atoms with van der Waals surface area (Å²) >= 11 is 0. The number of para-hydroxylation sites is 1. The Morgan fingerprint density at radius 1 is 1.25 bits per heavy atom. The molecule has 0 bridgehead atoms. The van der Waals surface area contributed by atoms with Gasteiger partial charge in [0.25, 0.3) is 5.91 Å². The Balaban J connectivity index is 1.63. The molecule has 1 N–H and O–H groups in total. The smallest absolute Gasteiger partial charge is 0.262 e. The minimum absolute atomic E-state index is 0.0408. The van der Waals surface area contributed by atoms with Crippen molar-refractivity contribution < 1.29 is 13.9 Å². The summed E-state index contributed by atoms with van der Waals surface area (Å²) in [5, 5.41) is 6.91. The van der Waals surface area contributed by atoms with Crippen molar-refractivity contribution in [2.75, 3.05) is 11.9 Å². The van der Waals surface area contributed by atoms with E-state index < -0.39 is 5.82 Å². The number of nitrogens with one attached hydrogen (secondary N) is 1. The molecule has 3 rings (SSSR count). The molecule has 0 fully saturated rings.